The number of para-hydroxylation sites is 4. The quantitative estimate of drug-likeness (QED) is 0.0846. The first kappa shape index (κ1) is 49.9. The van der Waals surface area contributed by atoms with E-state index < -0.39 is 0 Å². The molecule has 0 amide bonds. The van der Waals surface area contributed by atoms with Crippen molar-refractivity contribution in [2.45, 2.75) is 55.5 Å². The number of nitriles is 2. The number of nitrogens with zero attached hydrogens (tertiary/aromatic N) is 6. The predicted molar refractivity (Wildman–Crippen MR) is 317 cm³/mol. The number of thiocyanates is 2. The Hall–Kier alpha value is -8.66. The van der Waals surface area contributed by atoms with Gasteiger partial charge in [-0.1, -0.05) is 199 Å². The standard InChI is InChI=1S/C58H40N6S2.C5H8.C4H6/c1-57(2)43-13-5-9-17-47(43)63(48-18-10-6-14-44(48)57)37-25-21-35(22-26-37)39-29-31-41-52-42(54-53(41)61-55(65-33-59)56(62-54)66-34-60)32-30-40(51(39)52)36-23-27-38(28-24-36)64-49-19-11-7-15-45(49)58(3,4)46-16-8-12-20-50(46)64;1-3-5-4-2;1-3-4-2/h5-32H,1-4H3;3-5H,1H2,2H3;3-4H,1-2H2/b;5-4-;. The Balaban J connectivity index is 0.000000661. The lowest BCUT2D eigenvalue weighted by atomic mass is 9.73. The molecular weight excluding hydrogens is 953 g/mol. The van der Waals surface area contributed by atoms with E-state index in [1.165, 1.54) is 45.0 Å². The van der Waals surface area contributed by atoms with Gasteiger partial charge in [-0.25, -0.2) is 9.97 Å². The van der Waals surface area contributed by atoms with Gasteiger partial charge in [0.05, 0.1) is 34.1 Å². The van der Waals surface area contributed by atoms with E-state index in [1.807, 2.05) is 19.1 Å². The molecule has 0 unspecified atom stereocenters. The number of rotatable bonds is 8. The lowest BCUT2D eigenvalue weighted by Gasteiger charge is -2.42. The van der Waals surface area contributed by atoms with Crippen LogP contribution in [0.1, 0.15) is 56.9 Å². The molecule has 8 heteroatoms. The summed E-state index contributed by atoms with van der Waals surface area (Å²) in [6.07, 6.45) is 8.85. The fraction of sp³-hybridized carbons (Fsp3) is 0.104. The van der Waals surface area contributed by atoms with Crippen molar-refractivity contribution in [1.29, 1.82) is 10.5 Å². The third-order valence-corrected chi connectivity index (χ3v) is 15.7. The van der Waals surface area contributed by atoms with Crippen LogP contribution in [0.5, 0.6) is 0 Å². The number of hydrogen-bond donors (Lipinski definition) is 0. The van der Waals surface area contributed by atoms with Gasteiger partial charge in [0, 0.05) is 62.2 Å². The van der Waals surface area contributed by atoms with E-state index in [2.05, 4.69) is 238 Å². The summed E-state index contributed by atoms with van der Waals surface area (Å²) in [7, 11) is 0. The second-order valence-corrected chi connectivity index (χ2v) is 20.9. The molecule has 75 heavy (non-hydrogen) atoms. The number of aromatic nitrogens is 2. The van der Waals surface area contributed by atoms with Gasteiger partial charge in [-0.2, -0.15) is 10.5 Å². The number of hydrogen-bond acceptors (Lipinski definition) is 8. The fourth-order valence-corrected chi connectivity index (χ4v) is 11.9. The molecule has 0 saturated carbocycles. The van der Waals surface area contributed by atoms with E-state index in [-0.39, 0.29) is 10.8 Å². The number of thioether (sulfide) groups is 2. The molecule has 12 rings (SSSR count). The van der Waals surface area contributed by atoms with Crippen molar-refractivity contribution in [1.82, 2.24) is 9.97 Å². The van der Waals surface area contributed by atoms with Gasteiger partial charge in [0.2, 0.25) is 0 Å². The Morgan fingerprint density at radius 3 is 1.05 bits per heavy atom. The molecule has 0 spiro atoms. The highest BCUT2D eigenvalue weighted by atomic mass is 32.2. The van der Waals surface area contributed by atoms with Gasteiger partial charge in [0.25, 0.3) is 0 Å². The molecule has 364 valence electrons. The van der Waals surface area contributed by atoms with Gasteiger partial charge in [-0.3, -0.25) is 0 Å². The molecule has 3 heterocycles. The molecule has 0 saturated heterocycles. The Morgan fingerprint density at radius 1 is 0.440 bits per heavy atom. The lowest BCUT2D eigenvalue weighted by Crippen LogP contribution is -2.30. The van der Waals surface area contributed by atoms with Gasteiger partial charge < -0.3 is 9.80 Å². The van der Waals surface area contributed by atoms with Crippen molar-refractivity contribution in [3.05, 3.63) is 242 Å². The molecule has 0 bridgehead atoms. The number of allylic oxidation sites excluding steroid dienone is 5. The summed E-state index contributed by atoms with van der Waals surface area (Å²) in [6.45, 7) is 21.4. The first-order valence-electron chi connectivity index (χ1n) is 24.8. The molecule has 3 aliphatic rings. The normalized spacial score (nSPS) is 13.5. The predicted octanol–water partition coefficient (Wildman–Crippen LogP) is 19.1. The summed E-state index contributed by atoms with van der Waals surface area (Å²) in [6, 6.07) is 61.6. The molecule has 0 atom stereocenters. The first-order valence-corrected chi connectivity index (χ1v) is 26.5. The van der Waals surface area contributed by atoms with Gasteiger partial charge in [-0.05, 0) is 105 Å². The largest absolute Gasteiger partial charge is 0.310 e. The van der Waals surface area contributed by atoms with E-state index >= 15 is 0 Å². The smallest absolute Gasteiger partial charge is 0.145 e. The maximum atomic E-state index is 9.70. The van der Waals surface area contributed by atoms with E-state index in [4.69, 9.17) is 9.97 Å². The van der Waals surface area contributed by atoms with Crippen LogP contribution in [-0.4, -0.2) is 9.97 Å². The van der Waals surface area contributed by atoms with Gasteiger partial charge in [0.1, 0.15) is 20.9 Å². The molecule has 1 aliphatic carbocycles. The van der Waals surface area contributed by atoms with Crippen molar-refractivity contribution in [3.63, 3.8) is 0 Å². The van der Waals surface area contributed by atoms with Crippen LogP contribution in [0.4, 0.5) is 34.1 Å². The molecule has 1 aromatic heterocycles. The van der Waals surface area contributed by atoms with Gasteiger partial charge in [-0.15, -0.1) is 0 Å². The van der Waals surface area contributed by atoms with Crippen LogP contribution in [0, 0.1) is 21.3 Å². The van der Waals surface area contributed by atoms with Crippen LogP contribution < -0.4 is 9.80 Å². The van der Waals surface area contributed by atoms with Crippen LogP contribution in [0.3, 0.4) is 0 Å². The van der Waals surface area contributed by atoms with Crippen LogP contribution in [0.15, 0.2) is 230 Å². The van der Waals surface area contributed by atoms with Crippen LogP contribution >= 0.6 is 23.5 Å². The molecule has 0 fully saturated rings. The van der Waals surface area contributed by atoms with Crippen molar-refractivity contribution >= 4 is 68.4 Å². The highest BCUT2D eigenvalue weighted by molar-refractivity contribution is 8.06. The Morgan fingerprint density at radius 2 is 0.760 bits per heavy atom. The Labute approximate surface area is 449 Å². The zero-order chi connectivity index (χ0) is 52.4. The van der Waals surface area contributed by atoms with Crippen molar-refractivity contribution < 1.29 is 0 Å². The Bertz CT molecular complexity index is 3500. The second-order valence-electron chi connectivity index (χ2n) is 19.3. The van der Waals surface area contributed by atoms with E-state index in [1.54, 1.807) is 18.2 Å². The summed E-state index contributed by atoms with van der Waals surface area (Å²) in [5.74, 6) is 0. The minimum atomic E-state index is -0.147. The minimum Gasteiger partial charge on any atom is -0.310 e. The average molecular weight is 1010 g/mol. The van der Waals surface area contributed by atoms with Gasteiger partial charge in [0.15, 0.2) is 0 Å². The summed E-state index contributed by atoms with van der Waals surface area (Å²) in [5, 5.41) is 26.7. The van der Waals surface area contributed by atoms with E-state index in [0.717, 1.165) is 90.4 Å². The molecule has 0 N–H and O–H groups in total. The zero-order valence-electron chi connectivity index (χ0n) is 42.7. The van der Waals surface area contributed by atoms with Crippen molar-refractivity contribution in [2.24, 2.45) is 0 Å². The fourth-order valence-electron chi connectivity index (χ4n) is 11.0. The monoisotopic (exact) mass is 1010 g/mol. The SMILES string of the molecule is C=C/C=C\C.C=CC=C.CC1(C)c2ccccc2N(c2ccc(-c3ccc4c5c(ccc(-c6ccc(N7c8ccccc8C(C)(C)c8ccccc87)cc6)c35)-c3nc(SC#N)c(SC#N)nc3-4)cc2)c2ccccc21. The van der Waals surface area contributed by atoms with Crippen LogP contribution in [0.25, 0.3) is 55.5 Å². The zero-order valence-corrected chi connectivity index (χ0v) is 44.3. The highest BCUT2D eigenvalue weighted by Gasteiger charge is 2.38. The third kappa shape index (κ3) is 8.62. The third-order valence-electron chi connectivity index (χ3n) is 14.4. The first-order chi connectivity index (χ1) is 36.5. The highest BCUT2D eigenvalue weighted by Crippen LogP contribution is 2.55. The maximum absolute atomic E-state index is 9.70. The van der Waals surface area contributed by atoms with Crippen LogP contribution in [-0.2, 0) is 10.8 Å². The molecule has 8 aromatic carbocycles. The Kier molecular flexibility index (Phi) is 13.8. The summed E-state index contributed by atoms with van der Waals surface area (Å²) >= 11 is 1.87. The van der Waals surface area contributed by atoms with E-state index in [0.29, 0.717) is 10.1 Å². The van der Waals surface area contributed by atoms with Crippen molar-refractivity contribution in [3.8, 4) is 55.6 Å². The average Bonchev–Trinajstić information content (AvgIpc) is 3.75. The molecule has 2 aliphatic heterocycles. The van der Waals surface area contributed by atoms with Gasteiger partial charge >= 0.3 is 0 Å². The van der Waals surface area contributed by atoms with E-state index in [9.17, 15) is 10.5 Å². The minimum absolute atomic E-state index is 0.147. The summed E-state index contributed by atoms with van der Waals surface area (Å²) in [5.41, 5.74) is 19.5. The summed E-state index contributed by atoms with van der Waals surface area (Å²) in [4.78, 5) is 14.8. The number of fused-ring (bicyclic) bond motifs is 7. The molecule has 6 nitrogen and oxygen atoms in total. The molecule has 0 radical (unpaired) electrons. The summed E-state index contributed by atoms with van der Waals surface area (Å²) < 4.78 is 0. The van der Waals surface area contributed by atoms with Crippen LogP contribution in [0.2, 0.25) is 0 Å². The number of anilines is 6. The number of benzene rings is 8. The molecular formula is C67H54N6S2. The maximum Gasteiger partial charge on any atom is 0.145 e. The lowest BCUT2D eigenvalue weighted by molar-refractivity contribution is 0.632. The van der Waals surface area contributed by atoms with Crippen molar-refractivity contribution in [2.75, 3.05) is 9.80 Å². The molecule has 9 aromatic rings. The topological polar surface area (TPSA) is 79.8 Å². The second kappa shape index (κ2) is 20.7.